The lowest BCUT2D eigenvalue weighted by molar-refractivity contribution is 0.174. The Kier molecular flexibility index (Phi) is 3.92. The lowest BCUT2D eigenvalue weighted by Crippen LogP contribution is -2.34. The zero-order valence-corrected chi connectivity index (χ0v) is 11.7. The maximum atomic E-state index is 5.41. The minimum Gasteiger partial charge on any atom is -0.454 e. The van der Waals surface area contributed by atoms with Gasteiger partial charge in [0, 0.05) is 6.04 Å². The van der Waals surface area contributed by atoms with Crippen molar-refractivity contribution in [3.05, 3.63) is 23.8 Å². The third kappa shape index (κ3) is 3.21. The molecule has 104 valence electrons. The van der Waals surface area contributed by atoms with Crippen LogP contribution in [0, 0.1) is 5.92 Å². The highest BCUT2D eigenvalue weighted by atomic mass is 16.7. The van der Waals surface area contributed by atoms with Gasteiger partial charge in [-0.15, -0.1) is 0 Å². The molecule has 3 nitrogen and oxygen atoms in total. The van der Waals surface area contributed by atoms with Gasteiger partial charge in [-0.3, -0.25) is 0 Å². The van der Waals surface area contributed by atoms with E-state index in [0.717, 1.165) is 23.8 Å². The molecule has 1 N–H and O–H groups in total. The van der Waals surface area contributed by atoms with Crippen molar-refractivity contribution in [2.45, 2.75) is 45.1 Å². The molecule has 0 saturated heterocycles. The highest BCUT2D eigenvalue weighted by Crippen LogP contribution is 2.32. The van der Waals surface area contributed by atoms with E-state index in [1.807, 2.05) is 6.07 Å². The Morgan fingerprint density at radius 2 is 2.11 bits per heavy atom. The smallest absolute Gasteiger partial charge is 0.231 e. The van der Waals surface area contributed by atoms with Crippen molar-refractivity contribution in [2.24, 2.45) is 5.92 Å². The van der Waals surface area contributed by atoms with Crippen LogP contribution in [0.2, 0.25) is 0 Å². The molecule has 3 heteroatoms. The Bertz CT molecular complexity index is 429. The number of ether oxygens (including phenoxy) is 2. The van der Waals surface area contributed by atoms with Gasteiger partial charge in [0.25, 0.3) is 0 Å². The van der Waals surface area contributed by atoms with Crippen molar-refractivity contribution in [2.75, 3.05) is 13.3 Å². The largest absolute Gasteiger partial charge is 0.454 e. The fourth-order valence-corrected chi connectivity index (χ4v) is 2.65. The molecule has 1 unspecified atom stereocenters. The Balaban J connectivity index is 1.43. The molecule has 2 aliphatic rings. The van der Waals surface area contributed by atoms with E-state index < -0.39 is 0 Å². The van der Waals surface area contributed by atoms with Gasteiger partial charge >= 0.3 is 0 Å². The van der Waals surface area contributed by atoms with Crippen molar-refractivity contribution in [3.63, 3.8) is 0 Å². The van der Waals surface area contributed by atoms with Crippen LogP contribution in [-0.2, 0) is 6.42 Å². The summed E-state index contributed by atoms with van der Waals surface area (Å²) in [6.07, 6.45) is 6.53. The zero-order chi connectivity index (χ0) is 13.1. The molecule has 0 spiro atoms. The summed E-state index contributed by atoms with van der Waals surface area (Å²) < 4.78 is 10.7. The normalized spacial score (nSPS) is 19.2. The molecule has 19 heavy (non-hydrogen) atoms. The highest BCUT2D eigenvalue weighted by Gasteiger charge is 2.18. The maximum absolute atomic E-state index is 5.41. The lowest BCUT2D eigenvalue weighted by Gasteiger charge is -2.27. The first-order valence-corrected chi connectivity index (χ1v) is 7.43. The number of aryl methyl sites for hydroxylation is 1. The predicted octanol–water partition coefficient (Wildman–Crippen LogP) is 3.13. The standard InChI is InChI=1S/C16H23NO2/c1-12(17-10-14-3-2-4-14)5-6-13-7-8-15-16(9-13)19-11-18-15/h7-9,12,14,17H,2-6,10-11H2,1H3. The van der Waals surface area contributed by atoms with Crippen LogP contribution in [0.4, 0.5) is 0 Å². The molecule has 0 aromatic heterocycles. The summed E-state index contributed by atoms with van der Waals surface area (Å²) in [7, 11) is 0. The van der Waals surface area contributed by atoms with E-state index in [9.17, 15) is 0 Å². The van der Waals surface area contributed by atoms with Gasteiger partial charge < -0.3 is 14.8 Å². The number of hydrogen-bond donors (Lipinski definition) is 1. The molecule has 1 aromatic carbocycles. The summed E-state index contributed by atoms with van der Waals surface area (Å²) in [6, 6.07) is 6.86. The topological polar surface area (TPSA) is 30.5 Å². The maximum Gasteiger partial charge on any atom is 0.231 e. The van der Waals surface area contributed by atoms with Gasteiger partial charge in [0.15, 0.2) is 11.5 Å². The quantitative estimate of drug-likeness (QED) is 0.853. The van der Waals surface area contributed by atoms with E-state index >= 15 is 0 Å². The molecule has 0 radical (unpaired) electrons. The third-order valence-electron chi connectivity index (χ3n) is 4.28. The lowest BCUT2D eigenvalue weighted by atomic mass is 9.85. The van der Waals surface area contributed by atoms with Crippen LogP contribution in [-0.4, -0.2) is 19.4 Å². The first-order chi connectivity index (χ1) is 9.31. The van der Waals surface area contributed by atoms with Crippen molar-refractivity contribution < 1.29 is 9.47 Å². The van der Waals surface area contributed by atoms with Crippen LogP contribution in [0.3, 0.4) is 0 Å². The van der Waals surface area contributed by atoms with E-state index in [1.165, 1.54) is 37.8 Å². The number of fused-ring (bicyclic) bond motifs is 1. The Hall–Kier alpha value is -1.22. The van der Waals surface area contributed by atoms with Crippen LogP contribution in [0.1, 0.15) is 38.2 Å². The summed E-state index contributed by atoms with van der Waals surface area (Å²) in [5.41, 5.74) is 1.33. The second kappa shape index (κ2) is 5.83. The zero-order valence-electron chi connectivity index (χ0n) is 11.7. The molecule has 1 heterocycles. The van der Waals surface area contributed by atoms with Gasteiger partial charge in [-0.25, -0.2) is 0 Å². The molecule has 0 amide bonds. The SMILES string of the molecule is CC(CCc1ccc2c(c1)OCO2)NCC1CCC1. The van der Waals surface area contributed by atoms with Crippen LogP contribution in [0.15, 0.2) is 18.2 Å². The van der Waals surface area contributed by atoms with Gasteiger partial charge in [-0.1, -0.05) is 12.5 Å². The molecule has 1 aliphatic heterocycles. The number of benzene rings is 1. The number of hydrogen-bond acceptors (Lipinski definition) is 3. The molecule has 1 aromatic rings. The Morgan fingerprint density at radius 1 is 1.26 bits per heavy atom. The minimum atomic E-state index is 0.359. The first kappa shape index (κ1) is 12.8. The summed E-state index contributed by atoms with van der Waals surface area (Å²) in [5.74, 6) is 2.71. The second-order valence-corrected chi connectivity index (χ2v) is 5.83. The van der Waals surface area contributed by atoms with E-state index in [-0.39, 0.29) is 0 Å². The molecule has 3 rings (SSSR count). The Labute approximate surface area is 115 Å². The van der Waals surface area contributed by atoms with Crippen LogP contribution < -0.4 is 14.8 Å². The van der Waals surface area contributed by atoms with Crippen molar-refractivity contribution in [1.82, 2.24) is 5.32 Å². The molecule has 1 fully saturated rings. The molecular weight excluding hydrogens is 238 g/mol. The third-order valence-corrected chi connectivity index (χ3v) is 4.28. The second-order valence-electron chi connectivity index (χ2n) is 5.83. The molecule has 1 saturated carbocycles. The summed E-state index contributed by atoms with van der Waals surface area (Å²) in [4.78, 5) is 0. The van der Waals surface area contributed by atoms with Gasteiger partial charge in [0.2, 0.25) is 6.79 Å². The minimum absolute atomic E-state index is 0.359. The van der Waals surface area contributed by atoms with Gasteiger partial charge in [-0.2, -0.15) is 0 Å². The van der Waals surface area contributed by atoms with Gasteiger partial charge in [0.05, 0.1) is 0 Å². The van der Waals surface area contributed by atoms with Crippen LogP contribution in [0.25, 0.3) is 0 Å². The van der Waals surface area contributed by atoms with Crippen molar-refractivity contribution >= 4 is 0 Å². The fourth-order valence-electron chi connectivity index (χ4n) is 2.65. The predicted molar refractivity (Wildman–Crippen MR) is 75.7 cm³/mol. The van der Waals surface area contributed by atoms with Gasteiger partial charge in [0.1, 0.15) is 0 Å². The molecule has 0 bridgehead atoms. The summed E-state index contributed by atoms with van der Waals surface area (Å²) in [6.45, 7) is 3.84. The summed E-state index contributed by atoms with van der Waals surface area (Å²) >= 11 is 0. The Morgan fingerprint density at radius 3 is 2.89 bits per heavy atom. The van der Waals surface area contributed by atoms with Gasteiger partial charge in [-0.05, 0) is 62.8 Å². The van der Waals surface area contributed by atoms with Crippen molar-refractivity contribution in [3.8, 4) is 11.5 Å². The fraction of sp³-hybridized carbons (Fsp3) is 0.625. The van der Waals surface area contributed by atoms with Crippen molar-refractivity contribution in [1.29, 1.82) is 0 Å². The average Bonchev–Trinajstić information content (AvgIpc) is 2.81. The monoisotopic (exact) mass is 261 g/mol. The summed E-state index contributed by atoms with van der Waals surface area (Å²) in [5, 5.41) is 3.65. The molecular formula is C16H23NO2. The highest BCUT2D eigenvalue weighted by molar-refractivity contribution is 5.44. The van der Waals surface area contributed by atoms with E-state index in [1.54, 1.807) is 0 Å². The first-order valence-electron chi connectivity index (χ1n) is 7.43. The average molecular weight is 261 g/mol. The van der Waals surface area contributed by atoms with E-state index in [2.05, 4.69) is 24.4 Å². The van der Waals surface area contributed by atoms with Crippen LogP contribution >= 0.6 is 0 Å². The molecule has 1 atom stereocenters. The number of nitrogens with one attached hydrogen (secondary N) is 1. The van der Waals surface area contributed by atoms with Crippen LogP contribution in [0.5, 0.6) is 11.5 Å². The van der Waals surface area contributed by atoms with E-state index in [0.29, 0.717) is 12.8 Å². The molecule has 1 aliphatic carbocycles. The van der Waals surface area contributed by atoms with E-state index in [4.69, 9.17) is 9.47 Å². The number of rotatable bonds is 6.